The van der Waals surface area contributed by atoms with E-state index in [0.717, 1.165) is 0 Å². The molecule has 0 heterocycles. The van der Waals surface area contributed by atoms with Crippen LogP contribution >= 0.6 is 0 Å². The van der Waals surface area contributed by atoms with Gasteiger partial charge in [0.15, 0.2) is 0 Å². The van der Waals surface area contributed by atoms with Gasteiger partial charge in [-0.05, 0) is 18.8 Å². The largest absolute Gasteiger partial charge is 0.352 e. The summed E-state index contributed by atoms with van der Waals surface area (Å²) in [4.78, 5) is 10.4. The normalized spacial score (nSPS) is 20.1. The van der Waals surface area contributed by atoms with E-state index in [-0.39, 0.29) is 6.04 Å². The first-order chi connectivity index (χ1) is 4.74. The second-order valence-electron chi connectivity index (χ2n) is 2.69. The summed E-state index contributed by atoms with van der Waals surface area (Å²) in [7, 11) is 0. The van der Waals surface area contributed by atoms with E-state index < -0.39 is 6.03 Å². The van der Waals surface area contributed by atoms with Gasteiger partial charge >= 0.3 is 6.03 Å². The summed E-state index contributed by atoms with van der Waals surface area (Å²) in [5.74, 6) is 0.581. The Kier molecular flexibility index (Phi) is 2.11. The average Bonchev–Trinajstić information content (AvgIpc) is 2.63. The summed E-state index contributed by atoms with van der Waals surface area (Å²) in [6.45, 7) is 0.494. The lowest BCUT2D eigenvalue weighted by Crippen LogP contribution is -2.44. The fourth-order valence-corrected chi connectivity index (χ4v) is 1.05. The number of nitrogens with one attached hydrogen (secondary N) is 1. The van der Waals surface area contributed by atoms with E-state index in [1.807, 2.05) is 0 Å². The zero-order valence-corrected chi connectivity index (χ0v) is 5.84. The standard InChI is InChI=1S/C6H13N3O/c7-3-5(4-1-2-4)9-6(8)10/h4-5H,1-3,7H2,(H3,8,9,10). The van der Waals surface area contributed by atoms with Crippen molar-refractivity contribution in [2.45, 2.75) is 18.9 Å². The van der Waals surface area contributed by atoms with E-state index in [1.165, 1.54) is 12.8 Å². The summed E-state index contributed by atoms with van der Waals surface area (Å²) in [6, 6.07) is -0.361. The Hall–Kier alpha value is -0.770. The molecule has 0 aromatic rings. The van der Waals surface area contributed by atoms with Crippen molar-refractivity contribution in [2.24, 2.45) is 17.4 Å². The highest BCUT2D eigenvalue weighted by Crippen LogP contribution is 2.31. The number of hydrogen-bond acceptors (Lipinski definition) is 2. The lowest BCUT2D eigenvalue weighted by Gasteiger charge is -2.13. The van der Waals surface area contributed by atoms with Crippen LogP contribution in [0.1, 0.15) is 12.8 Å². The van der Waals surface area contributed by atoms with E-state index in [1.54, 1.807) is 0 Å². The molecule has 1 fully saturated rings. The molecule has 1 unspecified atom stereocenters. The minimum absolute atomic E-state index is 0.109. The van der Waals surface area contributed by atoms with Gasteiger partial charge in [0.05, 0.1) is 0 Å². The Bertz CT molecular complexity index is 133. The first-order valence-corrected chi connectivity index (χ1v) is 3.50. The first-order valence-electron chi connectivity index (χ1n) is 3.50. The Morgan fingerprint density at radius 2 is 2.30 bits per heavy atom. The van der Waals surface area contributed by atoms with Crippen LogP contribution in [0, 0.1) is 5.92 Å². The zero-order chi connectivity index (χ0) is 7.56. The maximum Gasteiger partial charge on any atom is 0.312 e. The third kappa shape index (κ3) is 1.88. The minimum Gasteiger partial charge on any atom is -0.352 e. The van der Waals surface area contributed by atoms with Gasteiger partial charge in [0.25, 0.3) is 0 Å². The molecule has 0 aromatic carbocycles. The van der Waals surface area contributed by atoms with Crippen molar-refractivity contribution in [3.05, 3.63) is 0 Å². The van der Waals surface area contributed by atoms with Gasteiger partial charge in [-0.3, -0.25) is 0 Å². The summed E-state index contributed by atoms with van der Waals surface area (Å²) in [5, 5.41) is 2.61. The molecule has 0 aliphatic heterocycles. The molecule has 10 heavy (non-hydrogen) atoms. The molecule has 2 amide bonds. The van der Waals surface area contributed by atoms with Crippen molar-refractivity contribution in [1.29, 1.82) is 0 Å². The van der Waals surface area contributed by atoms with Gasteiger partial charge in [0.2, 0.25) is 0 Å². The smallest absolute Gasteiger partial charge is 0.312 e. The molecule has 1 saturated carbocycles. The van der Waals surface area contributed by atoms with E-state index in [2.05, 4.69) is 5.32 Å². The lowest BCUT2D eigenvalue weighted by molar-refractivity contribution is 0.244. The molecule has 0 bridgehead atoms. The Morgan fingerprint density at radius 1 is 1.70 bits per heavy atom. The quantitative estimate of drug-likeness (QED) is 0.492. The van der Waals surface area contributed by atoms with Crippen molar-refractivity contribution in [2.75, 3.05) is 6.54 Å². The van der Waals surface area contributed by atoms with Gasteiger partial charge in [0, 0.05) is 12.6 Å². The topological polar surface area (TPSA) is 81.1 Å². The van der Waals surface area contributed by atoms with Gasteiger partial charge < -0.3 is 16.8 Å². The molecule has 1 aliphatic rings. The highest BCUT2D eigenvalue weighted by atomic mass is 16.2. The highest BCUT2D eigenvalue weighted by molar-refractivity contribution is 5.72. The number of rotatable bonds is 3. The number of carbonyl (C=O) groups is 1. The molecule has 4 heteroatoms. The van der Waals surface area contributed by atoms with Crippen LogP contribution < -0.4 is 16.8 Å². The predicted molar refractivity (Wildman–Crippen MR) is 38.3 cm³/mol. The summed E-state index contributed by atoms with van der Waals surface area (Å²) in [6.07, 6.45) is 2.34. The molecular formula is C6H13N3O. The van der Waals surface area contributed by atoms with Crippen molar-refractivity contribution >= 4 is 6.03 Å². The number of carbonyl (C=O) groups excluding carboxylic acids is 1. The molecule has 58 valence electrons. The maximum absolute atomic E-state index is 10.4. The van der Waals surface area contributed by atoms with Gasteiger partial charge in [-0.2, -0.15) is 0 Å². The molecule has 0 spiro atoms. The number of primary amides is 1. The third-order valence-electron chi connectivity index (χ3n) is 1.77. The van der Waals surface area contributed by atoms with Crippen LogP contribution in [0.4, 0.5) is 4.79 Å². The predicted octanol–water partition coefficient (Wildman–Crippen LogP) is -0.608. The maximum atomic E-state index is 10.4. The van der Waals surface area contributed by atoms with Crippen LogP contribution in [0.2, 0.25) is 0 Å². The van der Waals surface area contributed by atoms with Gasteiger partial charge in [-0.15, -0.1) is 0 Å². The number of urea groups is 1. The van der Waals surface area contributed by atoms with E-state index in [0.29, 0.717) is 12.5 Å². The second-order valence-corrected chi connectivity index (χ2v) is 2.69. The van der Waals surface area contributed by atoms with Gasteiger partial charge in [-0.25, -0.2) is 4.79 Å². The van der Waals surface area contributed by atoms with Crippen LogP contribution in [0.5, 0.6) is 0 Å². The lowest BCUT2D eigenvalue weighted by atomic mass is 10.2. The monoisotopic (exact) mass is 143 g/mol. The van der Waals surface area contributed by atoms with Crippen LogP contribution in [0.25, 0.3) is 0 Å². The van der Waals surface area contributed by atoms with Crippen molar-refractivity contribution in [3.63, 3.8) is 0 Å². The SMILES string of the molecule is NCC(NC(N)=O)C1CC1. The molecule has 1 atom stereocenters. The number of amides is 2. The second kappa shape index (κ2) is 2.88. The van der Waals surface area contributed by atoms with Crippen LogP contribution in [-0.2, 0) is 0 Å². The number of nitrogens with two attached hydrogens (primary N) is 2. The molecule has 5 N–H and O–H groups in total. The molecule has 1 rings (SSSR count). The van der Waals surface area contributed by atoms with Gasteiger partial charge in [0.1, 0.15) is 0 Å². The van der Waals surface area contributed by atoms with E-state index in [9.17, 15) is 4.79 Å². The Morgan fingerprint density at radius 3 is 2.60 bits per heavy atom. The van der Waals surface area contributed by atoms with E-state index >= 15 is 0 Å². The first kappa shape index (κ1) is 7.34. The Labute approximate surface area is 59.9 Å². The Balaban J connectivity index is 2.25. The average molecular weight is 143 g/mol. The molecule has 4 nitrogen and oxygen atoms in total. The van der Waals surface area contributed by atoms with Crippen LogP contribution in [-0.4, -0.2) is 18.6 Å². The molecule has 0 aromatic heterocycles. The van der Waals surface area contributed by atoms with Crippen LogP contribution in [0.3, 0.4) is 0 Å². The third-order valence-corrected chi connectivity index (χ3v) is 1.77. The van der Waals surface area contributed by atoms with Crippen molar-refractivity contribution in [3.8, 4) is 0 Å². The zero-order valence-electron chi connectivity index (χ0n) is 5.84. The highest BCUT2D eigenvalue weighted by Gasteiger charge is 2.30. The van der Waals surface area contributed by atoms with E-state index in [4.69, 9.17) is 11.5 Å². The molecular weight excluding hydrogens is 130 g/mol. The minimum atomic E-state index is -0.470. The van der Waals surface area contributed by atoms with Crippen molar-refractivity contribution < 1.29 is 4.79 Å². The summed E-state index contributed by atoms with van der Waals surface area (Å²) < 4.78 is 0. The van der Waals surface area contributed by atoms with Crippen molar-refractivity contribution in [1.82, 2.24) is 5.32 Å². The molecule has 1 aliphatic carbocycles. The fraction of sp³-hybridized carbons (Fsp3) is 0.833. The summed E-state index contributed by atoms with van der Waals surface area (Å²) >= 11 is 0. The molecule has 0 radical (unpaired) electrons. The van der Waals surface area contributed by atoms with Crippen LogP contribution in [0.15, 0.2) is 0 Å². The molecule has 0 saturated heterocycles. The number of hydrogen-bond donors (Lipinski definition) is 3. The van der Waals surface area contributed by atoms with Gasteiger partial charge in [-0.1, -0.05) is 0 Å². The fourth-order valence-electron chi connectivity index (χ4n) is 1.05. The summed E-state index contributed by atoms with van der Waals surface area (Å²) in [5.41, 5.74) is 10.3.